The summed E-state index contributed by atoms with van der Waals surface area (Å²) in [5.74, 6) is -0.267. The molecule has 198 valence electrons. The number of rotatable bonds is 0. The highest BCUT2D eigenvalue weighted by Crippen LogP contribution is 2.59. The monoisotopic (exact) mass is 505 g/mol. The van der Waals surface area contributed by atoms with Crippen LogP contribution in [-0.2, 0) is 21.7 Å². The molecular formula is C36H41O2-. The van der Waals surface area contributed by atoms with Crippen LogP contribution >= 0.6 is 0 Å². The molecule has 4 aromatic rings. The molecule has 2 aliphatic carbocycles. The summed E-state index contributed by atoms with van der Waals surface area (Å²) in [5.41, 5.74) is 7.60. The zero-order valence-electron chi connectivity index (χ0n) is 25.2. The van der Waals surface area contributed by atoms with E-state index in [2.05, 4.69) is 107 Å². The first-order valence-corrected chi connectivity index (χ1v) is 14.1. The third-order valence-electron chi connectivity index (χ3n) is 8.90. The summed E-state index contributed by atoms with van der Waals surface area (Å²) < 4.78 is 0. The minimum atomic E-state index is -1.39. The summed E-state index contributed by atoms with van der Waals surface area (Å²) in [7, 11) is 0. The van der Waals surface area contributed by atoms with E-state index in [1.165, 1.54) is 43.4 Å². The Bertz CT molecular complexity index is 1750. The first-order valence-electron chi connectivity index (χ1n) is 14.1. The Kier molecular flexibility index (Phi) is 4.76. The van der Waals surface area contributed by atoms with Crippen LogP contribution < -0.4 is 5.11 Å². The average Bonchev–Trinajstić information content (AvgIpc) is 3.11. The quantitative estimate of drug-likeness (QED) is 0.197. The molecule has 0 heterocycles. The van der Waals surface area contributed by atoms with Crippen molar-refractivity contribution in [2.24, 2.45) is 0 Å². The zero-order valence-corrected chi connectivity index (χ0v) is 25.2. The van der Waals surface area contributed by atoms with Crippen molar-refractivity contribution in [2.75, 3.05) is 0 Å². The minimum absolute atomic E-state index is 0.0704. The van der Waals surface area contributed by atoms with E-state index in [9.17, 15) is 9.90 Å². The lowest BCUT2D eigenvalue weighted by Crippen LogP contribution is -2.32. The maximum absolute atomic E-state index is 14.0. The van der Waals surface area contributed by atoms with Gasteiger partial charge in [-0.3, -0.25) is 4.79 Å². The summed E-state index contributed by atoms with van der Waals surface area (Å²) in [5, 5.41) is 21.3. The molecule has 0 N–H and O–H groups in total. The fraction of sp³-hybridized carbons (Fsp3) is 0.472. The van der Waals surface area contributed by atoms with E-state index in [-0.39, 0.29) is 27.4 Å². The number of Topliss-reactive ketones (excluding diaryl/α,β-unsaturated/α-hetero) is 1. The maximum Gasteiger partial charge on any atom is 0.154 e. The Morgan fingerprint density at radius 2 is 0.868 bits per heavy atom. The van der Waals surface area contributed by atoms with E-state index in [0.29, 0.717) is 11.1 Å². The highest BCUT2D eigenvalue weighted by molar-refractivity contribution is 6.38. The van der Waals surface area contributed by atoms with Gasteiger partial charge in [-0.1, -0.05) is 89.2 Å². The molecule has 2 nitrogen and oxygen atoms in total. The SMILES string of the molecule is CC(C)(C)c1cc2c(C(C)(C)C)cc3c(C(C)(C)C)cc4c(C(C)(C)C)cc5c6c4c3c2c-6c1C(=O)C5[O-]. The predicted octanol–water partition coefficient (Wildman–Crippen LogP) is 8.91. The molecule has 0 amide bonds. The van der Waals surface area contributed by atoms with Gasteiger partial charge in [0.15, 0.2) is 5.78 Å². The van der Waals surface area contributed by atoms with Gasteiger partial charge in [-0.2, -0.15) is 0 Å². The number of benzene rings is 4. The van der Waals surface area contributed by atoms with Gasteiger partial charge in [-0.05, 0) is 112 Å². The molecular weight excluding hydrogens is 464 g/mol. The summed E-state index contributed by atoms with van der Waals surface area (Å²) in [6.07, 6.45) is -1.39. The van der Waals surface area contributed by atoms with Crippen molar-refractivity contribution >= 4 is 38.1 Å². The molecule has 0 aromatic heterocycles. The van der Waals surface area contributed by atoms with E-state index in [1.807, 2.05) is 0 Å². The summed E-state index contributed by atoms with van der Waals surface area (Å²) >= 11 is 0. The zero-order chi connectivity index (χ0) is 28.1. The second-order valence-electron chi connectivity index (χ2n) is 15.9. The van der Waals surface area contributed by atoms with Gasteiger partial charge in [0.05, 0.1) is 0 Å². The smallest absolute Gasteiger partial charge is 0.154 e. The van der Waals surface area contributed by atoms with Crippen LogP contribution in [0.5, 0.6) is 0 Å². The van der Waals surface area contributed by atoms with E-state index >= 15 is 0 Å². The van der Waals surface area contributed by atoms with Crippen molar-refractivity contribution in [3.63, 3.8) is 0 Å². The number of ketones is 1. The molecule has 0 aliphatic heterocycles. The van der Waals surface area contributed by atoms with Gasteiger partial charge < -0.3 is 5.11 Å². The largest absolute Gasteiger partial charge is 0.843 e. The van der Waals surface area contributed by atoms with Crippen molar-refractivity contribution in [3.05, 3.63) is 57.6 Å². The number of hydrogen-bond donors (Lipinski definition) is 0. The molecule has 1 atom stereocenters. The van der Waals surface area contributed by atoms with Crippen molar-refractivity contribution in [1.29, 1.82) is 0 Å². The highest BCUT2D eigenvalue weighted by atomic mass is 16.3. The third-order valence-corrected chi connectivity index (χ3v) is 8.90. The lowest BCUT2D eigenvalue weighted by Gasteiger charge is -2.36. The molecule has 6 rings (SSSR count). The van der Waals surface area contributed by atoms with E-state index in [0.717, 1.165) is 22.3 Å². The predicted molar refractivity (Wildman–Crippen MR) is 160 cm³/mol. The standard InChI is InChI=1S/C36H41O2/c1-33(2,3)21-14-18-23(35(7,8)9)16-20-28-26(18)25-17(21)13-22(34(4,5)6)19-15-24(36(10,11)12)29(30(28)27(19)25)32(38)31(20)37/h13-16,31H,1-12H3/q-1. The van der Waals surface area contributed by atoms with E-state index in [1.54, 1.807) is 0 Å². The van der Waals surface area contributed by atoms with E-state index < -0.39 is 6.10 Å². The second kappa shape index (κ2) is 7.07. The van der Waals surface area contributed by atoms with Crippen LogP contribution in [-0.4, -0.2) is 5.78 Å². The number of hydrogen-bond acceptors (Lipinski definition) is 2. The van der Waals surface area contributed by atoms with Crippen LogP contribution in [0.3, 0.4) is 0 Å². The Labute approximate surface area is 227 Å². The normalized spacial score (nSPS) is 17.4. The first-order chi connectivity index (χ1) is 17.2. The number of carbonyl (C=O) groups excluding carboxylic acids is 1. The molecule has 0 spiro atoms. The fourth-order valence-electron chi connectivity index (χ4n) is 7.11. The Morgan fingerprint density at radius 3 is 1.32 bits per heavy atom. The molecule has 0 saturated carbocycles. The van der Waals surface area contributed by atoms with Gasteiger partial charge in [0.25, 0.3) is 0 Å². The molecule has 2 heteroatoms. The first kappa shape index (κ1) is 25.6. The van der Waals surface area contributed by atoms with E-state index in [4.69, 9.17) is 0 Å². The summed E-state index contributed by atoms with van der Waals surface area (Å²) in [6.45, 7) is 26.9. The van der Waals surface area contributed by atoms with Gasteiger partial charge in [0.2, 0.25) is 0 Å². The van der Waals surface area contributed by atoms with Crippen LogP contribution in [0.2, 0.25) is 0 Å². The van der Waals surface area contributed by atoms with Gasteiger partial charge in [-0.25, -0.2) is 0 Å². The van der Waals surface area contributed by atoms with Crippen LogP contribution in [0.15, 0.2) is 24.3 Å². The Balaban J connectivity index is 2.04. The van der Waals surface area contributed by atoms with Gasteiger partial charge in [0, 0.05) is 11.1 Å². The second-order valence-corrected chi connectivity index (χ2v) is 15.9. The lowest BCUT2D eigenvalue weighted by molar-refractivity contribution is -0.404. The fourth-order valence-corrected chi connectivity index (χ4v) is 7.11. The van der Waals surface area contributed by atoms with Crippen molar-refractivity contribution in [1.82, 2.24) is 0 Å². The van der Waals surface area contributed by atoms with Gasteiger partial charge in [0.1, 0.15) is 0 Å². The molecule has 0 radical (unpaired) electrons. The van der Waals surface area contributed by atoms with Gasteiger partial charge >= 0.3 is 0 Å². The molecule has 0 bridgehead atoms. The number of carbonyl (C=O) groups is 1. The molecule has 0 fully saturated rings. The lowest BCUT2D eigenvalue weighted by atomic mass is 9.71. The summed E-state index contributed by atoms with van der Waals surface area (Å²) in [4.78, 5) is 14.0. The minimum Gasteiger partial charge on any atom is -0.843 e. The molecule has 38 heavy (non-hydrogen) atoms. The van der Waals surface area contributed by atoms with Crippen LogP contribution in [0.25, 0.3) is 43.4 Å². The average molecular weight is 506 g/mol. The van der Waals surface area contributed by atoms with Crippen molar-refractivity contribution < 1.29 is 9.90 Å². The highest BCUT2D eigenvalue weighted by Gasteiger charge is 2.41. The Morgan fingerprint density at radius 1 is 0.500 bits per heavy atom. The topological polar surface area (TPSA) is 40.1 Å². The van der Waals surface area contributed by atoms with Crippen LogP contribution in [0.1, 0.15) is 127 Å². The molecule has 4 aromatic carbocycles. The van der Waals surface area contributed by atoms with Gasteiger partial charge in [-0.15, -0.1) is 0 Å². The summed E-state index contributed by atoms with van der Waals surface area (Å²) in [6, 6.07) is 9.18. The molecule has 0 saturated heterocycles. The third kappa shape index (κ3) is 3.13. The van der Waals surface area contributed by atoms with Crippen molar-refractivity contribution in [3.8, 4) is 11.1 Å². The molecule has 2 aliphatic rings. The molecule has 1 unspecified atom stereocenters. The van der Waals surface area contributed by atoms with Crippen LogP contribution in [0, 0.1) is 0 Å². The Hall–Kier alpha value is -2.71. The maximum atomic E-state index is 14.0. The van der Waals surface area contributed by atoms with Crippen molar-refractivity contribution in [2.45, 2.75) is 111 Å². The van der Waals surface area contributed by atoms with Crippen LogP contribution in [0.4, 0.5) is 0 Å².